The van der Waals surface area contributed by atoms with Crippen molar-refractivity contribution in [2.45, 2.75) is 26.2 Å². The zero-order valence-electron chi connectivity index (χ0n) is 10.6. The highest BCUT2D eigenvalue weighted by Gasteiger charge is 2.31. The van der Waals surface area contributed by atoms with Gasteiger partial charge in [-0.1, -0.05) is 28.4 Å². The van der Waals surface area contributed by atoms with E-state index >= 15 is 0 Å². The molecule has 1 aromatic rings. The summed E-state index contributed by atoms with van der Waals surface area (Å²) in [5.41, 5.74) is 7.72. The maximum Gasteiger partial charge on any atom is 0.227 e. The van der Waals surface area contributed by atoms with Crippen LogP contribution in [-0.2, 0) is 4.79 Å². The number of anilines is 1. The lowest BCUT2D eigenvalue weighted by Gasteiger charge is -2.17. The number of nitrogens with one attached hydrogen (secondary N) is 1. The topological polar surface area (TPSA) is 55.1 Å². The number of nitrogens with two attached hydrogens (primary N) is 1. The van der Waals surface area contributed by atoms with Gasteiger partial charge in [-0.25, -0.2) is 0 Å². The molecule has 1 amide bonds. The van der Waals surface area contributed by atoms with Gasteiger partial charge in [-0.05, 0) is 49.9 Å². The Morgan fingerprint density at radius 1 is 1.50 bits per heavy atom. The SMILES string of the molecule is Cc1ccc(NC(=O)[C@@H]2CCC[C@@H]2CN)cc1Br. The first-order valence-electron chi connectivity index (χ1n) is 6.39. The normalized spacial score (nSPS) is 23.1. The van der Waals surface area contributed by atoms with Gasteiger partial charge in [-0.3, -0.25) is 4.79 Å². The molecule has 1 aliphatic rings. The zero-order valence-corrected chi connectivity index (χ0v) is 12.2. The van der Waals surface area contributed by atoms with Crippen LogP contribution in [0.1, 0.15) is 24.8 Å². The van der Waals surface area contributed by atoms with E-state index in [0.717, 1.165) is 35.0 Å². The van der Waals surface area contributed by atoms with Gasteiger partial charge in [0.25, 0.3) is 0 Å². The van der Waals surface area contributed by atoms with Crippen LogP contribution in [0.25, 0.3) is 0 Å². The third-order valence-electron chi connectivity index (χ3n) is 3.74. The van der Waals surface area contributed by atoms with Crippen molar-refractivity contribution in [2.75, 3.05) is 11.9 Å². The molecule has 3 nitrogen and oxygen atoms in total. The fraction of sp³-hybridized carbons (Fsp3) is 0.500. The molecular formula is C14H19BrN2O. The van der Waals surface area contributed by atoms with Gasteiger partial charge < -0.3 is 11.1 Å². The van der Waals surface area contributed by atoms with Crippen LogP contribution in [0.3, 0.4) is 0 Å². The minimum absolute atomic E-state index is 0.0788. The van der Waals surface area contributed by atoms with Crippen LogP contribution >= 0.6 is 15.9 Å². The Morgan fingerprint density at radius 3 is 2.94 bits per heavy atom. The van der Waals surface area contributed by atoms with Crippen LogP contribution in [0.15, 0.2) is 22.7 Å². The van der Waals surface area contributed by atoms with E-state index in [1.165, 1.54) is 0 Å². The summed E-state index contributed by atoms with van der Waals surface area (Å²) < 4.78 is 1.02. The van der Waals surface area contributed by atoms with Crippen molar-refractivity contribution in [3.05, 3.63) is 28.2 Å². The van der Waals surface area contributed by atoms with Gasteiger partial charge >= 0.3 is 0 Å². The lowest BCUT2D eigenvalue weighted by molar-refractivity contribution is -0.120. The third-order valence-corrected chi connectivity index (χ3v) is 4.59. The van der Waals surface area contributed by atoms with E-state index in [1.807, 2.05) is 25.1 Å². The highest BCUT2D eigenvalue weighted by Crippen LogP contribution is 2.32. The van der Waals surface area contributed by atoms with E-state index in [1.54, 1.807) is 0 Å². The average molecular weight is 311 g/mol. The van der Waals surface area contributed by atoms with Gasteiger partial charge in [0.15, 0.2) is 0 Å². The number of benzene rings is 1. The standard InChI is InChI=1S/C14H19BrN2O/c1-9-5-6-11(7-13(9)15)17-14(18)12-4-2-3-10(12)8-16/h5-7,10,12H,2-4,8,16H2,1H3,(H,17,18)/t10-,12-/m1/s1. The van der Waals surface area contributed by atoms with Crippen molar-refractivity contribution in [3.8, 4) is 0 Å². The Kier molecular flexibility index (Phi) is 4.40. The second kappa shape index (κ2) is 5.85. The summed E-state index contributed by atoms with van der Waals surface area (Å²) in [5.74, 6) is 0.535. The summed E-state index contributed by atoms with van der Waals surface area (Å²) in [6.45, 7) is 2.63. The summed E-state index contributed by atoms with van der Waals surface area (Å²) in [6, 6.07) is 5.87. The second-order valence-electron chi connectivity index (χ2n) is 4.99. The fourth-order valence-electron chi connectivity index (χ4n) is 2.57. The van der Waals surface area contributed by atoms with Crippen molar-refractivity contribution < 1.29 is 4.79 Å². The molecule has 0 aromatic heterocycles. The van der Waals surface area contributed by atoms with Gasteiger partial charge in [0.1, 0.15) is 0 Å². The summed E-state index contributed by atoms with van der Waals surface area (Å²) in [6.07, 6.45) is 3.14. The molecule has 0 radical (unpaired) electrons. The molecule has 2 rings (SSSR count). The van der Waals surface area contributed by atoms with E-state index in [4.69, 9.17) is 5.73 Å². The molecule has 1 aromatic carbocycles. The van der Waals surface area contributed by atoms with Crippen LogP contribution in [0.5, 0.6) is 0 Å². The number of carbonyl (C=O) groups excluding carboxylic acids is 1. The lowest BCUT2D eigenvalue weighted by atomic mass is 9.95. The van der Waals surface area contributed by atoms with Gasteiger partial charge in [-0.15, -0.1) is 0 Å². The molecule has 2 atom stereocenters. The zero-order chi connectivity index (χ0) is 13.1. The maximum absolute atomic E-state index is 12.2. The summed E-state index contributed by atoms with van der Waals surface area (Å²) in [7, 11) is 0. The highest BCUT2D eigenvalue weighted by atomic mass is 79.9. The molecule has 0 aliphatic heterocycles. The van der Waals surface area contributed by atoms with Gasteiger partial charge in [-0.2, -0.15) is 0 Å². The molecule has 0 heterocycles. The van der Waals surface area contributed by atoms with Gasteiger partial charge in [0.2, 0.25) is 5.91 Å². The van der Waals surface area contributed by atoms with Gasteiger partial charge in [0, 0.05) is 16.1 Å². The molecule has 18 heavy (non-hydrogen) atoms. The smallest absolute Gasteiger partial charge is 0.227 e. The molecule has 3 N–H and O–H groups in total. The first-order valence-corrected chi connectivity index (χ1v) is 7.18. The van der Waals surface area contributed by atoms with E-state index in [9.17, 15) is 4.79 Å². The van der Waals surface area contributed by atoms with Crippen LogP contribution in [-0.4, -0.2) is 12.5 Å². The number of aryl methyl sites for hydroxylation is 1. The van der Waals surface area contributed by atoms with Crippen LogP contribution in [0.2, 0.25) is 0 Å². The summed E-state index contributed by atoms with van der Waals surface area (Å²) in [5, 5.41) is 2.99. The monoisotopic (exact) mass is 310 g/mol. The number of amides is 1. The van der Waals surface area contributed by atoms with E-state index in [2.05, 4.69) is 21.2 Å². The van der Waals surface area contributed by atoms with Crippen LogP contribution < -0.4 is 11.1 Å². The molecule has 1 fully saturated rings. The summed E-state index contributed by atoms with van der Waals surface area (Å²) in [4.78, 5) is 12.2. The van der Waals surface area contributed by atoms with Crippen molar-refractivity contribution in [1.29, 1.82) is 0 Å². The Balaban J connectivity index is 2.04. The maximum atomic E-state index is 12.2. The van der Waals surface area contributed by atoms with Gasteiger partial charge in [0.05, 0.1) is 0 Å². The van der Waals surface area contributed by atoms with E-state index in [0.29, 0.717) is 12.5 Å². The fourth-order valence-corrected chi connectivity index (χ4v) is 2.95. The van der Waals surface area contributed by atoms with E-state index in [-0.39, 0.29) is 11.8 Å². The molecule has 0 saturated heterocycles. The Morgan fingerprint density at radius 2 is 2.28 bits per heavy atom. The quantitative estimate of drug-likeness (QED) is 0.901. The molecule has 0 spiro atoms. The molecule has 4 heteroatoms. The third kappa shape index (κ3) is 2.93. The van der Waals surface area contributed by atoms with E-state index < -0.39 is 0 Å². The predicted octanol–water partition coefficient (Wildman–Crippen LogP) is 3.07. The van der Waals surface area contributed by atoms with Crippen molar-refractivity contribution >= 4 is 27.5 Å². The minimum Gasteiger partial charge on any atom is -0.330 e. The second-order valence-corrected chi connectivity index (χ2v) is 5.84. The molecule has 1 aliphatic carbocycles. The Labute approximate surface area is 116 Å². The Hall–Kier alpha value is -0.870. The van der Waals surface area contributed by atoms with Crippen molar-refractivity contribution in [2.24, 2.45) is 17.6 Å². The average Bonchev–Trinajstić information content (AvgIpc) is 2.82. The molecule has 1 saturated carbocycles. The molecule has 0 unspecified atom stereocenters. The first-order chi connectivity index (χ1) is 8.61. The minimum atomic E-state index is 0.0788. The molecule has 0 bridgehead atoms. The number of hydrogen-bond acceptors (Lipinski definition) is 2. The largest absolute Gasteiger partial charge is 0.330 e. The molecule has 98 valence electrons. The van der Waals surface area contributed by atoms with Crippen LogP contribution in [0, 0.1) is 18.8 Å². The van der Waals surface area contributed by atoms with Crippen molar-refractivity contribution in [1.82, 2.24) is 0 Å². The number of rotatable bonds is 3. The van der Waals surface area contributed by atoms with Crippen molar-refractivity contribution in [3.63, 3.8) is 0 Å². The molecular weight excluding hydrogens is 292 g/mol. The summed E-state index contributed by atoms with van der Waals surface area (Å²) >= 11 is 3.47. The first kappa shape index (κ1) is 13.6. The number of carbonyl (C=O) groups is 1. The highest BCUT2D eigenvalue weighted by molar-refractivity contribution is 9.10. The lowest BCUT2D eigenvalue weighted by Crippen LogP contribution is -2.29. The predicted molar refractivity (Wildman–Crippen MR) is 77.4 cm³/mol. The number of halogens is 1. The van der Waals surface area contributed by atoms with Crippen LogP contribution in [0.4, 0.5) is 5.69 Å². The Bertz CT molecular complexity index is 447. The number of hydrogen-bond donors (Lipinski definition) is 2.